The van der Waals surface area contributed by atoms with Crippen molar-refractivity contribution in [2.75, 3.05) is 5.33 Å². The molecular formula is C10H10BrFO3. The monoisotopic (exact) mass is 276 g/mol. The van der Waals surface area contributed by atoms with Gasteiger partial charge in [0, 0.05) is 10.9 Å². The standard InChI is InChI=1S/C10H10BrFO3/c11-4-9(14)10(15)8-3-7(12)2-1-6(8)5-13/h1-3,5,9-10,14-15H,4H2. The molecule has 0 bridgehead atoms. The van der Waals surface area contributed by atoms with Crippen molar-refractivity contribution in [3.05, 3.63) is 35.1 Å². The van der Waals surface area contributed by atoms with Crippen LogP contribution in [-0.2, 0) is 0 Å². The number of carbonyl (C=O) groups is 1. The minimum atomic E-state index is -1.28. The normalized spacial score (nSPS) is 14.7. The first kappa shape index (κ1) is 12.3. The molecule has 0 aromatic heterocycles. The summed E-state index contributed by atoms with van der Waals surface area (Å²) < 4.78 is 12.9. The van der Waals surface area contributed by atoms with Crippen LogP contribution in [0.25, 0.3) is 0 Å². The van der Waals surface area contributed by atoms with Crippen molar-refractivity contribution < 1.29 is 19.4 Å². The quantitative estimate of drug-likeness (QED) is 0.646. The molecule has 0 saturated heterocycles. The molecule has 15 heavy (non-hydrogen) atoms. The van der Waals surface area contributed by atoms with Crippen molar-refractivity contribution in [2.45, 2.75) is 12.2 Å². The summed E-state index contributed by atoms with van der Waals surface area (Å²) in [5.41, 5.74) is 0.265. The maximum absolute atomic E-state index is 12.9. The van der Waals surface area contributed by atoms with Crippen molar-refractivity contribution >= 4 is 22.2 Å². The molecule has 0 amide bonds. The van der Waals surface area contributed by atoms with E-state index in [0.29, 0.717) is 6.29 Å². The van der Waals surface area contributed by atoms with E-state index in [2.05, 4.69) is 15.9 Å². The molecule has 0 radical (unpaired) electrons. The molecule has 2 N–H and O–H groups in total. The number of aliphatic hydroxyl groups excluding tert-OH is 2. The van der Waals surface area contributed by atoms with E-state index in [-0.39, 0.29) is 16.5 Å². The SMILES string of the molecule is O=Cc1ccc(F)cc1C(O)C(O)CBr. The van der Waals surface area contributed by atoms with Crippen LogP contribution in [0.15, 0.2) is 18.2 Å². The first-order valence-corrected chi connectivity index (χ1v) is 5.39. The Kier molecular flexibility index (Phi) is 4.38. The summed E-state index contributed by atoms with van der Waals surface area (Å²) in [6, 6.07) is 3.43. The van der Waals surface area contributed by atoms with Gasteiger partial charge >= 0.3 is 0 Å². The van der Waals surface area contributed by atoms with Crippen molar-refractivity contribution in [3.63, 3.8) is 0 Å². The molecule has 0 aliphatic heterocycles. The maximum Gasteiger partial charge on any atom is 0.150 e. The predicted octanol–water partition coefficient (Wildman–Crippen LogP) is 1.43. The molecule has 0 fully saturated rings. The maximum atomic E-state index is 12.9. The summed E-state index contributed by atoms with van der Waals surface area (Å²) in [4.78, 5) is 10.6. The van der Waals surface area contributed by atoms with Gasteiger partial charge in [-0.3, -0.25) is 4.79 Å². The van der Waals surface area contributed by atoms with E-state index in [0.717, 1.165) is 12.1 Å². The number of aldehydes is 1. The minimum Gasteiger partial charge on any atom is -0.389 e. The second-order valence-corrected chi connectivity index (χ2v) is 3.71. The molecule has 0 aliphatic carbocycles. The molecule has 0 spiro atoms. The van der Waals surface area contributed by atoms with Crippen LogP contribution in [0.2, 0.25) is 0 Å². The Labute approximate surface area is 94.7 Å². The molecule has 0 heterocycles. The third kappa shape index (κ3) is 2.84. The van der Waals surface area contributed by atoms with Gasteiger partial charge in [0.1, 0.15) is 18.2 Å². The molecule has 0 saturated carbocycles. The molecule has 1 aromatic carbocycles. The fraction of sp³-hybridized carbons (Fsp3) is 0.300. The third-order valence-corrected chi connectivity index (χ3v) is 2.68. The van der Waals surface area contributed by atoms with Crippen LogP contribution in [0.3, 0.4) is 0 Å². The number of carbonyl (C=O) groups excluding carboxylic acids is 1. The Balaban J connectivity index is 3.10. The van der Waals surface area contributed by atoms with Crippen LogP contribution in [0, 0.1) is 5.82 Å². The molecule has 0 aliphatic rings. The fourth-order valence-corrected chi connectivity index (χ4v) is 1.55. The van der Waals surface area contributed by atoms with Crippen LogP contribution in [0.1, 0.15) is 22.0 Å². The lowest BCUT2D eigenvalue weighted by molar-refractivity contribution is 0.0337. The topological polar surface area (TPSA) is 57.5 Å². The van der Waals surface area contributed by atoms with Gasteiger partial charge in [0.15, 0.2) is 0 Å². The lowest BCUT2D eigenvalue weighted by atomic mass is 10.00. The summed E-state index contributed by atoms with van der Waals surface area (Å²) >= 11 is 2.99. The van der Waals surface area contributed by atoms with Gasteiger partial charge < -0.3 is 10.2 Å². The van der Waals surface area contributed by atoms with E-state index >= 15 is 0 Å². The molecule has 82 valence electrons. The highest BCUT2D eigenvalue weighted by Crippen LogP contribution is 2.22. The van der Waals surface area contributed by atoms with Gasteiger partial charge in [-0.2, -0.15) is 0 Å². The Morgan fingerprint density at radius 3 is 2.67 bits per heavy atom. The van der Waals surface area contributed by atoms with Gasteiger partial charge in [-0.1, -0.05) is 15.9 Å². The zero-order valence-corrected chi connectivity index (χ0v) is 9.32. The average molecular weight is 277 g/mol. The zero-order valence-electron chi connectivity index (χ0n) is 7.73. The summed E-state index contributed by atoms with van der Waals surface area (Å²) in [5, 5.41) is 19.1. The van der Waals surface area contributed by atoms with Gasteiger partial charge in [0.05, 0.1) is 6.10 Å². The van der Waals surface area contributed by atoms with Crippen LogP contribution >= 0.6 is 15.9 Å². The number of hydrogen-bond donors (Lipinski definition) is 2. The lowest BCUT2D eigenvalue weighted by Gasteiger charge is -2.17. The van der Waals surface area contributed by atoms with Gasteiger partial charge in [-0.05, 0) is 23.8 Å². The summed E-state index contributed by atoms with van der Waals surface area (Å²) in [6.07, 6.45) is -1.84. The highest BCUT2D eigenvalue weighted by molar-refractivity contribution is 9.09. The predicted molar refractivity (Wildman–Crippen MR) is 56.5 cm³/mol. The van der Waals surface area contributed by atoms with Gasteiger partial charge in [0.25, 0.3) is 0 Å². The molecule has 1 aromatic rings. The second-order valence-electron chi connectivity index (χ2n) is 3.06. The molecule has 2 unspecified atom stereocenters. The molecule has 1 rings (SSSR count). The first-order chi connectivity index (χ1) is 7.10. The Morgan fingerprint density at radius 1 is 1.47 bits per heavy atom. The van der Waals surface area contributed by atoms with Crippen LogP contribution in [-0.4, -0.2) is 27.9 Å². The summed E-state index contributed by atoms with van der Waals surface area (Å²) in [7, 11) is 0. The number of rotatable bonds is 4. The van der Waals surface area contributed by atoms with Crippen LogP contribution in [0.4, 0.5) is 4.39 Å². The van der Waals surface area contributed by atoms with E-state index in [1.165, 1.54) is 6.07 Å². The Hall–Kier alpha value is -0.780. The average Bonchev–Trinajstić information content (AvgIpc) is 2.27. The van der Waals surface area contributed by atoms with Crippen LogP contribution in [0.5, 0.6) is 0 Å². The zero-order chi connectivity index (χ0) is 11.4. The Morgan fingerprint density at radius 2 is 2.13 bits per heavy atom. The molecule has 2 atom stereocenters. The number of aliphatic hydroxyl groups is 2. The van der Waals surface area contributed by atoms with E-state index < -0.39 is 18.0 Å². The van der Waals surface area contributed by atoms with E-state index in [1.807, 2.05) is 0 Å². The van der Waals surface area contributed by atoms with Crippen LogP contribution < -0.4 is 0 Å². The number of benzene rings is 1. The van der Waals surface area contributed by atoms with Gasteiger partial charge in [-0.15, -0.1) is 0 Å². The smallest absolute Gasteiger partial charge is 0.150 e. The van der Waals surface area contributed by atoms with E-state index in [1.54, 1.807) is 0 Å². The number of hydrogen-bond acceptors (Lipinski definition) is 3. The van der Waals surface area contributed by atoms with Crippen molar-refractivity contribution in [3.8, 4) is 0 Å². The second kappa shape index (κ2) is 5.34. The van der Waals surface area contributed by atoms with Gasteiger partial charge in [0.2, 0.25) is 0 Å². The first-order valence-electron chi connectivity index (χ1n) is 4.27. The van der Waals surface area contributed by atoms with Gasteiger partial charge in [-0.25, -0.2) is 4.39 Å². The molecular weight excluding hydrogens is 267 g/mol. The molecule has 3 nitrogen and oxygen atoms in total. The van der Waals surface area contributed by atoms with E-state index in [9.17, 15) is 19.4 Å². The number of alkyl halides is 1. The minimum absolute atomic E-state index is 0.0944. The van der Waals surface area contributed by atoms with Crippen molar-refractivity contribution in [2.24, 2.45) is 0 Å². The fourth-order valence-electron chi connectivity index (χ4n) is 1.20. The summed E-state index contributed by atoms with van der Waals surface area (Å²) in [6.45, 7) is 0. The number of halogens is 2. The highest BCUT2D eigenvalue weighted by Gasteiger charge is 2.20. The summed E-state index contributed by atoms with van der Waals surface area (Å²) in [5.74, 6) is -0.559. The largest absolute Gasteiger partial charge is 0.389 e. The highest BCUT2D eigenvalue weighted by atomic mass is 79.9. The third-order valence-electron chi connectivity index (χ3n) is 2.02. The van der Waals surface area contributed by atoms with E-state index in [4.69, 9.17) is 0 Å². The molecule has 5 heteroatoms. The lowest BCUT2D eigenvalue weighted by Crippen LogP contribution is -2.20. The Bertz CT molecular complexity index is 357. The van der Waals surface area contributed by atoms with Crippen molar-refractivity contribution in [1.82, 2.24) is 0 Å². The van der Waals surface area contributed by atoms with Crippen molar-refractivity contribution in [1.29, 1.82) is 0 Å².